The van der Waals surface area contributed by atoms with Crippen molar-refractivity contribution >= 4 is 0 Å². The molecule has 118 valence electrons. The molecule has 4 heteroatoms. The van der Waals surface area contributed by atoms with Gasteiger partial charge in [0.2, 0.25) is 0 Å². The fourth-order valence-corrected chi connectivity index (χ4v) is 3.53. The summed E-state index contributed by atoms with van der Waals surface area (Å²) >= 11 is 0. The van der Waals surface area contributed by atoms with E-state index in [1.54, 1.807) is 12.1 Å². The van der Waals surface area contributed by atoms with Crippen LogP contribution in [0.5, 0.6) is 0 Å². The SMILES string of the molecule is CCC(NC)C1(c2ccc(F)cc2)OCc2cc(C#N)ccc21. The number of likely N-dealkylation sites (N-methyl/N-ethyl adjacent to an activating group) is 1. The highest BCUT2D eigenvalue weighted by Gasteiger charge is 2.47. The molecule has 23 heavy (non-hydrogen) atoms. The van der Waals surface area contributed by atoms with Gasteiger partial charge in [0.05, 0.1) is 18.2 Å². The first kappa shape index (κ1) is 15.7. The van der Waals surface area contributed by atoms with Gasteiger partial charge in [-0.1, -0.05) is 25.1 Å². The van der Waals surface area contributed by atoms with Crippen molar-refractivity contribution < 1.29 is 9.13 Å². The average Bonchev–Trinajstić information content (AvgIpc) is 2.96. The Bertz CT molecular complexity index is 747. The quantitative estimate of drug-likeness (QED) is 0.940. The number of nitrogens with zero attached hydrogens (tertiary/aromatic N) is 1. The van der Waals surface area contributed by atoms with Crippen LogP contribution in [0.15, 0.2) is 42.5 Å². The fourth-order valence-electron chi connectivity index (χ4n) is 3.53. The molecule has 1 N–H and O–H groups in total. The number of rotatable bonds is 4. The van der Waals surface area contributed by atoms with Gasteiger partial charge in [-0.15, -0.1) is 0 Å². The smallest absolute Gasteiger partial charge is 0.134 e. The predicted octanol–water partition coefficient (Wildman–Crippen LogP) is 3.47. The molecule has 0 saturated heterocycles. The van der Waals surface area contributed by atoms with Gasteiger partial charge in [0.1, 0.15) is 11.4 Å². The first-order chi connectivity index (χ1) is 11.2. The molecule has 0 aliphatic carbocycles. The summed E-state index contributed by atoms with van der Waals surface area (Å²) < 4.78 is 19.7. The Labute approximate surface area is 135 Å². The van der Waals surface area contributed by atoms with Gasteiger partial charge in [-0.05, 0) is 54.4 Å². The number of fused-ring (bicyclic) bond motifs is 1. The Balaban J connectivity index is 2.21. The Kier molecular flexibility index (Phi) is 4.16. The lowest BCUT2D eigenvalue weighted by atomic mass is 9.78. The third-order valence-corrected chi connectivity index (χ3v) is 4.61. The molecular formula is C19H19FN2O. The molecule has 0 aromatic heterocycles. The summed E-state index contributed by atoms with van der Waals surface area (Å²) in [6.07, 6.45) is 0.854. The maximum atomic E-state index is 13.4. The molecule has 0 radical (unpaired) electrons. The summed E-state index contributed by atoms with van der Waals surface area (Å²) in [5.74, 6) is -0.264. The number of hydrogen-bond acceptors (Lipinski definition) is 3. The molecule has 1 heterocycles. The molecule has 1 aliphatic rings. The van der Waals surface area contributed by atoms with Crippen molar-refractivity contribution in [2.45, 2.75) is 31.6 Å². The van der Waals surface area contributed by atoms with E-state index in [-0.39, 0.29) is 11.9 Å². The Morgan fingerprint density at radius 1 is 1.30 bits per heavy atom. The van der Waals surface area contributed by atoms with E-state index in [1.807, 2.05) is 25.2 Å². The Morgan fingerprint density at radius 2 is 2.04 bits per heavy atom. The molecule has 0 bridgehead atoms. The summed E-state index contributed by atoms with van der Waals surface area (Å²) in [5.41, 5.74) is 2.94. The second kappa shape index (κ2) is 6.11. The van der Waals surface area contributed by atoms with Crippen molar-refractivity contribution in [3.8, 4) is 6.07 Å². The second-order valence-electron chi connectivity index (χ2n) is 5.76. The van der Waals surface area contributed by atoms with E-state index in [1.165, 1.54) is 12.1 Å². The van der Waals surface area contributed by atoms with Crippen LogP contribution in [0.1, 0.15) is 35.6 Å². The standard InChI is InChI=1S/C19H19FN2O/c1-3-18(22-2)19(15-5-7-16(20)8-6-15)17-9-4-13(11-21)10-14(17)12-23-19/h4-10,18,22H,3,12H2,1-2H3. The molecular weight excluding hydrogens is 291 g/mol. The van der Waals surface area contributed by atoms with Gasteiger partial charge in [0.15, 0.2) is 0 Å². The highest BCUT2D eigenvalue weighted by atomic mass is 19.1. The largest absolute Gasteiger partial charge is 0.359 e. The van der Waals surface area contributed by atoms with Crippen LogP contribution in [0, 0.1) is 17.1 Å². The molecule has 0 amide bonds. The number of nitriles is 1. The van der Waals surface area contributed by atoms with Gasteiger partial charge in [-0.2, -0.15) is 5.26 Å². The highest BCUT2D eigenvalue weighted by Crippen LogP contribution is 2.45. The third kappa shape index (κ3) is 2.42. The number of ether oxygens (including phenoxy) is 1. The molecule has 2 aromatic carbocycles. The van der Waals surface area contributed by atoms with Crippen LogP contribution in [0.25, 0.3) is 0 Å². The van der Waals surface area contributed by atoms with Gasteiger partial charge in [-0.25, -0.2) is 4.39 Å². The number of nitrogens with one attached hydrogen (secondary N) is 1. The van der Waals surface area contributed by atoms with Crippen molar-refractivity contribution in [3.63, 3.8) is 0 Å². The van der Waals surface area contributed by atoms with Crippen molar-refractivity contribution in [3.05, 3.63) is 70.5 Å². The van der Waals surface area contributed by atoms with Gasteiger partial charge in [0.25, 0.3) is 0 Å². The molecule has 2 aromatic rings. The van der Waals surface area contributed by atoms with Gasteiger partial charge < -0.3 is 10.1 Å². The van der Waals surface area contributed by atoms with Crippen LogP contribution in [0.3, 0.4) is 0 Å². The Hall–Kier alpha value is -2.22. The molecule has 0 fully saturated rings. The lowest BCUT2D eigenvalue weighted by Gasteiger charge is -2.37. The first-order valence-electron chi connectivity index (χ1n) is 7.76. The minimum Gasteiger partial charge on any atom is -0.359 e. The lowest BCUT2D eigenvalue weighted by molar-refractivity contribution is -0.0331. The molecule has 3 rings (SSSR count). The summed E-state index contributed by atoms with van der Waals surface area (Å²) in [4.78, 5) is 0. The van der Waals surface area contributed by atoms with E-state index >= 15 is 0 Å². The van der Waals surface area contributed by atoms with Gasteiger partial charge >= 0.3 is 0 Å². The predicted molar refractivity (Wildman–Crippen MR) is 86.3 cm³/mol. The highest BCUT2D eigenvalue weighted by molar-refractivity contribution is 5.49. The van der Waals surface area contributed by atoms with E-state index in [0.29, 0.717) is 12.2 Å². The van der Waals surface area contributed by atoms with Crippen LogP contribution in [-0.4, -0.2) is 13.1 Å². The van der Waals surface area contributed by atoms with Crippen LogP contribution in [-0.2, 0) is 16.9 Å². The Morgan fingerprint density at radius 3 is 2.65 bits per heavy atom. The van der Waals surface area contributed by atoms with Crippen LogP contribution in [0.2, 0.25) is 0 Å². The van der Waals surface area contributed by atoms with Crippen LogP contribution in [0.4, 0.5) is 4.39 Å². The van der Waals surface area contributed by atoms with E-state index < -0.39 is 5.60 Å². The maximum Gasteiger partial charge on any atom is 0.134 e. The zero-order chi connectivity index (χ0) is 16.4. The number of halogens is 1. The average molecular weight is 310 g/mol. The second-order valence-corrected chi connectivity index (χ2v) is 5.76. The van der Waals surface area contributed by atoms with Gasteiger partial charge in [0, 0.05) is 6.04 Å². The van der Waals surface area contributed by atoms with E-state index in [9.17, 15) is 4.39 Å². The summed E-state index contributed by atoms with van der Waals surface area (Å²) in [7, 11) is 1.91. The summed E-state index contributed by atoms with van der Waals surface area (Å²) in [5, 5.41) is 12.4. The molecule has 3 nitrogen and oxygen atoms in total. The first-order valence-corrected chi connectivity index (χ1v) is 7.76. The summed E-state index contributed by atoms with van der Waals surface area (Å²) in [6, 6.07) is 14.4. The van der Waals surface area contributed by atoms with Crippen molar-refractivity contribution in [1.82, 2.24) is 5.32 Å². The van der Waals surface area contributed by atoms with Crippen molar-refractivity contribution in [2.75, 3.05) is 7.05 Å². The summed E-state index contributed by atoms with van der Waals surface area (Å²) in [6.45, 7) is 2.54. The third-order valence-electron chi connectivity index (χ3n) is 4.61. The van der Waals surface area contributed by atoms with Crippen molar-refractivity contribution in [2.24, 2.45) is 0 Å². The van der Waals surface area contributed by atoms with Crippen LogP contribution >= 0.6 is 0 Å². The zero-order valence-corrected chi connectivity index (χ0v) is 13.3. The normalized spacial score (nSPS) is 20.8. The number of hydrogen-bond donors (Lipinski definition) is 1. The molecule has 2 unspecified atom stereocenters. The van der Waals surface area contributed by atoms with Gasteiger partial charge in [-0.3, -0.25) is 0 Å². The monoisotopic (exact) mass is 310 g/mol. The maximum absolute atomic E-state index is 13.4. The molecule has 0 saturated carbocycles. The van der Waals surface area contributed by atoms with E-state index in [4.69, 9.17) is 10.00 Å². The molecule has 1 aliphatic heterocycles. The molecule has 0 spiro atoms. The number of benzene rings is 2. The fraction of sp³-hybridized carbons (Fsp3) is 0.316. The van der Waals surface area contributed by atoms with Crippen LogP contribution < -0.4 is 5.32 Å². The lowest BCUT2D eigenvalue weighted by Crippen LogP contribution is -2.47. The van der Waals surface area contributed by atoms with Crippen molar-refractivity contribution in [1.29, 1.82) is 5.26 Å². The zero-order valence-electron chi connectivity index (χ0n) is 13.3. The minimum atomic E-state index is -0.666. The molecule has 2 atom stereocenters. The minimum absolute atomic E-state index is 0.0437. The van der Waals surface area contributed by atoms with E-state index in [2.05, 4.69) is 18.3 Å². The topological polar surface area (TPSA) is 45.0 Å². The van der Waals surface area contributed by atoms with E-state index in [0.717, 1.165) is 23.1 Å².